The molecule has 0 radical (unpaired) electrons. The molecule has 0 spiro atoms. The molecule has 1 aromatic heterocycles. The highest BCUT2D eigenvalue weighted by Crippen LogP contribution is 2.32. The molecule has 2 aromatic rings. The van der Waals surface area contributed by atoms with Crippen molar-refractivity contribution in [1.29, 1.82) is 0 Å². The van der Waals surface area contributed by atoms with Gasteiger partial charge in [-0.25, -0.2) is 9.97 Å². The molecule has 1 saturated heterocycles. The summed E-state index contributed by atoms with van der Waals surface area (Å²) in [6.07, 6.45) is 1.25. The summed E-state index contributed by atoms with van der Waals surface area (Å²) >= 11 is 0. The molecular formula is C22H29N5O4. The monoisotopic (exact) mass is 427 g/mol. The molecule has 1 atom stereocenters. The van der Waals surface area contributed by atoms with Crippen LogP contribution in [0.5, 0.6) is 0 Å². The molecule has 9 heteroatoms. The Bertz CT molecular complexity index is 947. The van der Waals surface area contributed by atoms with Crippen molar-refractivity contribution >= 4 is 17.8 Å². The summed E-state index contributed by atoms with van der Waals surface area (Å²) in [7, 11) is 3.71. The third kappa shape index (κ3) is 5.56. The third-order valence-corrected chi connectivity index (χ3v) is 4.93. The zero-order valence-corrected chi connectivity index (χ0v) is 18.4. The first kappa shape index (κ1) is 22.6. The van der Waals surface area contributed by atoms with E-state index < -0.39 is 12.0 Å². The number of hydrogen-bond donors (Lipinski definition) is 1. The Morgan fingerprint density at radius 3 is 2.81 bits per heavy atom. The van der Waals surface area contributed by atoms with E-state index in [0.717, 1.165) is 11.1 Å². The van der Waals surface area contributed by atoms with E-state index >= 15 is 0 Å². The lowest BCUT2D eigenvalue weighted by Crippen LogP contribution is -2.44. The van der Waals surface area contributed by atoms with Gasteiger partial charge in [0.2, 0.25) is 17.8 Å². The van der Waals surface area contributed by atoms with E-state index in [-0.39, 0.29) is 18.6 Å². The molecule has 1 aliphatic heterocycles. The van der Waals surface area contributed by atoms with Gasteiger partial charge in [0.15, 0.2) is 0 Å². The number of amides is 2. The zero-order chi connectivity index (χ0) is 22.5. The van der Waals surface area contributed by atoms with E-state index in [0.29, 0.717) is 36.9 Å². The van der Waals surface area contributed by atoms with Gasteiger partial charge in [0, 0.05) is 38.0 Å². The van der Waals surface area contributed by atoms with E-state index in [2.05, 4.69) is 4.98 Å². The van der Waals surface area contributed by atoms with Crippen molar-refractivity contribution in [2.75, 3.05) is 45.3 Å². The van der Waals surface area contributed by atoms with Crippen molar-refractivity contribution in [3.8, 4) is 11.1 Å². The molecule has 0 aliphatic carbocycles. The van der Waals surface area contributed by atoms with Gasteiger partial charge < -0.3 is 25.0 Å². The number of ether oxygens (including phenoxy) is 2. The lowest BCUT2D eigenvalue weighted by Gasteiger charge is -2.33. The average Bonchev–Trinajstić information content (AvgIpc) is 2.77. The number of benzene rings is 1. The van der Waals surface area contributed by atoms with Gasteiger partial charge in [-0.05, 0) is 31.5 Å². The van der Waals surface area contributed by atoms with Gasteiger partial charge >= 0.3 is 0 Å². The van der Waals surface area contributed by atoms with E-state index in [1.807, 2.05) is 34.0 Å². The topological polar surface area (TPSA) is 111 Å². The van der Waals surface area contributed by atoms with E-state index in [1.54, 1.807) is 34.2 Å². The number of aromatic nitrogens is 2. The molecule has 0 unspecified atom stereocenters. The number of nitrogens with zero attached hydrogens (tertiary/aromatic N) is 4. The maximum absolute atomic E-state index is 12.6. The van der Waals surface area contributed by atoms with Gasteiger partial charge in [0.05, 0.1) is 24.9 Å². The van der Waals surface area contributed by atoms with Crippen LogP contribution in [0.4, 0.5) is 5.95 Å². The average molecular weight is 428 g/mol. The fraction of sp³-hybridized carbons (Fsp3) is 0.455. The second-order valence-corrected chi connectivity index (χ2v) is 7.87. The van der Waals surface area contributed by atoms with Crippen LogP contribution in [0.1, 0.15) is 36.0 Å². The molecule has 166 valence electrons. The minimum Gasteiger partial charge on any atom is -0.369 e. The second-order valence-electron chi connectivity index (χ2n) is 7.87. The molecular weight excluding hydrogens is 398 g/mol. The highest BCUT2D eigenvalue weighted by atomic mass is 16.5. The van der Waals surface area contributed by atoms with E-state index in [9.17, 15) is 9.59 Å². The van der Waals surface area contributed by atoms with Crippen LogP contribution >= 0.6 is 0 Å². The Labute approximate surface area is 182 Å². The molecule has 1 aromatic carbocycles. The van der Waals surface area contributed by atoms with Crippen LogP contribution in [-0.4, -0.2) is 73.2 Å². The van der Waals surface area contributed by atoms with Crippen molar-refractivity contribution in [1.82, 2.24) is 14.9 Å². The van der Waals surface area contributed by atoms with Gasteiger partial charge in [0.1, 0.15) is 12.7 Å². The highest BCUT2D eigenvalue weighted by Gasteiger charge is 2.29. The fourth-order valence-electron chi connectivity index (χ4n) is 3.28. The summed E-state index contributed by atoms with van der Waals surface area (Å²) < 4.78 is 11.5. The number of carbonyl (C=O) groups excluding carboxylic acids is 2. The summed E-state index contributed by atoms with van der Waals surface area (Å²) in [5.41, 5.74) is 7.98. The molecule has 2 heterocycles. The first-order valence-corrected chi connectivity index (χ1v) is 10.2. The lowest BCUT2D eigenvalue weighted by atomic mass is 9.99. The molecule has 3 rings (SSSR count). The molecule has 1 fully saturated rings. The lowest BCUT2D eigenvalue weighted by molar-refractivity contribution is -0.145. The first-order valence-electron chi connectivity index (χ1n) is 10.2. The van der Waals surface area contributed by atoms with Crippen LogP contribution < -0.4 is 10.6 Å². The Balaban J connectivity index is 1.95. The van der Waals surface area contributed by atoms with Gasteiger partial charge in [0.25, 0.3) is 0 Å². The molecule has 1 aliphatic rings. The van der Waals surface area contributed by atoms with Crippen molar-refractivity contribution in [3.05, 3.63) is 41.7 Å². The summed E-state index contributed by atoms with van der Waals surface area (Å²) in [5.74, 6) is -0.0637. The fourth-order valence-corrected chi connectivity index (χ4v) is 3.28. The summed E-state index contributed by atoms with van der Waals surface area (Å²) in [6.45, 7) is 5.06. The summed E-state index contributed by atoms with van der Waals surface area (Å²) in [5, 5.41) is 0. The summed E-state index contributed by atoms with van der Waals surface area (Å²) in [6, 6.07) is 7.00. The van der Waals surface area contributed by atoms with Crippen molar-refractivity contribution in [2.45, 2.75) is 26.1 Å². The molecule has 9 nitrogen and oxygen atoms in total. The molecule has 0 bridgehead atoms. The number of carbonyl (C=O) groups is 2. The summed E-state index contributed by atoms with van der Waals surface area (Å²) in [4.78, 5) is 36.9. The van der Waals surface area contributed by atoms with E-state index in [1.165, 1.54) is 0 Å². The second kappa shape index (κ2) is 9.84. The van der Waals surface area contributed by atoms with Crippen molar-refractivity contribution in [3.63, 3.8) is 0 Å². The number of hydrogen-bond acceptors (Lipinski definition) is 7. The van der Waals surface area contributed by atoms with Crippen LogP contribution in [0.2, 0.25) is 0 Å². The zero-order valence-electron chi connectivity index (χ0n) is 18.4. The van der Waals surface area contributed by atoms with Gasteiger partial charge in [-0.2, -0.15) is 0 Å². The van der Waals surface area contributed by atoms with Gasteiger partial charge in [-0.3, -0.25) is 9.59 Å². The number of rotatable bonds is 7. The van der Waals surface area contributed by atoms with Crippen molar-refractivity contribution in [2.24, 2.45) is 5.73 Å². The Morgan fingerprint density at radius 1 is 1.35 bits per heavy atom. The Kier molecular flexibility index (Phi) is 7.19. The quantitative estimate of drug-likeness (QED) is 0.715. The first-order chi connectivity index (χ1) is 14.8. The molecule has 0 saturated carbocycles. The van der Waals surface area contributed by atoms with Gasteiger partial charge in [-0.15, -0.1) is 0 Å². The standard InChI is InChI=1S/C22H29N5O4/c1-14(2)31-13-19(28)27-8-9-30-18(12-27)20-17(11-24-22(25-20)26(3)4)15-6-5-7-16(10-15)21(23)29/h5-7,10-11,14,18H,8-9,12-13H2,1-4H3,(H2,23,29)/t18-/m0/s1. The number of primary amides is 1. The maximum atomic E-state index is 12.6. The predicted octanol–water partition coefficient (Wildman–Crippen LogP) is 1.63. The van der Waals surface area contributed by atoms with Crippen LogP contribution in [0.25, 0.3) is 11.1 Å². The SMILES string of the molecule is CC(C)OCC(=O)N1CCO[C@H](c2nc(N(C)C)ncc2-c2cccc(C(N)=O)c2)C1. The number of nitrogens with two attached hydrogens (primary N) is 1. The van der Waals surface area contributed by atoms with E-state index in [4.69, 9.17) is 20.2 Å². The molecule has 31 heavy (non-hydrogen) atoms. The smallest absolute Gasteiger partial charge is 0.248 e. The van der Waals surface area contributed by atoms with Crippen LogP contribution in [-0.2, 0) is 14.3 Å². The predicted molar refractivity (Wildman–Crippen MR) is 117 cm³/mol. The third-order valence-electron chi connectivity index (χ3n) is 4.93. The Hall–Kier alpha value is -3.04. The molecule has 2 N–H and O–H groups in total. The Morgan fingerprint density at radius 2 is 2.13 bits per heavy atom. The molecule has 2 amide bonds. The largest absolute Gasteiger partial charge is 0.369 e. The van der Waals surface area contributed by atoms with Crippen LogP contribution in [0.15, 0.2) is 30.5 Å². The van der Waals surface area contributed by atoms with Crippen molar-refractivity contribution < 1.29 is 19.1 Å². The minimum atomic E-state index is -0.509. The number of morpholine rings is 1. The maximum Gasteiger partial charge on any atom is 0.248 e. The van der Waals surface area contributed by atoms with Gasteiger partial charge in [-0.1, -0.05) is 12.1 Å². The highest BCUT2D eigenvalue weighted by molar-refractivity contribution is 5.94. The van der Waals surface area contributed by atoms with Crippen LogP contribution in [0.3, 0.4) is 0 Å². The normalized spacial score (nSPS) is 16.4. The minimum absolute atomic E-state index is 0.0190. The van der Waals surface area contributed by atoms with Crippen LogP contribution in [0, 0.1) is 0 Å². The number of anilines is 1.